The highest BCUT2D eigenvalue weighted by molar-refractivity contribution is 7.14. The molecular weight excluding hydrogens is 442 g/mol. The van der Waals surface area contributed by atoms with Crippen molar-refractivity contribution in [1.29, 1.82) is 5.26 Å². The fourth-order valence-electron chi connectivity index (χ4n) is 4.87. The second-order valence-electron chi connectivity index (χ2n) is 8.87. The van der Waals surface area contributed by atoms with Gasteiger partial charge in [-0.2, -0.15) is 10.4 Å². The summed E-state index contributed by atoms with van der Waals surface area (Å²) in [5.41, 5.74) is 5.19. The number of benzene rings is 2. The van der Waals surface area contributed by atoms with Gasteiger partial charge in [-0.15, -0.1) is 11.3 Å². The van der Waals surface area contributed by atoms with E-state index in [9.17, 15) is 0 Å². The topological polar surface area (TPSA) is 83.3 Å². The zero-order chi connectivity index (χ0) is 22.9. The molecule has 0 atom stereocenters. The number of hydrogen-bond donors (Lipinski definition) is 2. The van der Waals surface area contributed by atoms with Gasteiger partial charge in [-0.3, -0.25) is 10.00 Å². The van der Waals surface area contributed by atoms with Gasteiger partial charge in [-0.1, -0.05) is 12.1 Å². The van der Waals surface area contributed by atoms with Gasteiger partial charge in [-0.05, 0) is 60.2 Å². The van der Waals surface area contributed by atoms with E-state index in [4.69, 9.17) is 10.3 Å². The number of amidine groups is 1. The van der Waals surface area contributed by atoms with Gasteiger partial charge in [-0.25, -0.2) is 4.99 Å². The number of aromatic amines is 1. The molecule has 2 N–H and O–H groups in total. The number of anilines is 2. The van der Waals surface area contributed by atoms with Crippen molar-refractivity contribution in [2.75, 3.05) is 30.0 Å². The molecule has 2 aliphatic heterocycles. The lowest BCUT2D eigenvalue weighted by molar-refractivity contribution is 0.201. The van der Waals surface area contributed by atoms with Crippen LogP contribution in [0, 0.1) is 11.3 Å². The summed E-state index contributed by atoms with van der Waals surface area (Å²) in [5.74, 6) is 0.935. The quantitative estimate of drug-likeness (QED) is 0.451. The number of nitriles is 1. The Balaban J connectivity index is 1.11. The molecule has 0 saturated carbocycles. The van der Waals surface area contributed by atoms with Crippen LogP contribution in [0.3, 0.4) is 0 Å². The van der Waals surface area contributed by atoms with Gasteiger partial charge in [0.05, 0.1) is 28.9 Å². The predicted molar refractivity (Wildman–Crippen MR) is 137 cm³/mol. The van der Waals surface area contributed by atoms with Crippen molar-refractivity contribution in [2.24, 2.45) is 4.99 Å². The fraction of sp³-hybridized carbons (Fsp3) is 0.269. The Hall–Kier alpha value is -3.67. The van der Waals surface area contributed by atoms with Gasteiger partial charge in [0.15, 0.2) is 0 Å². The van der Waals surface area contributed by atoms with E-state index in [0.717, 1.165) is 60.5 Å². The highest BCUT2D eigenvalue weighted by atomic mass is 32.1. The molecule has 4 aromatic rings. The number of piperidine rings is 1. The number of rotatable bonds is 4. The maximum atomic E-state index is 9.00. The van der Waals surface area contributed by atoms with E-state index < -0.39 is 0 Å². The molecule has 6 rings (SSSR count). The van der Waals surface area contributed by atoms with Crippen molar-refractivity contribution in [2.45, 2.75) is 25.4 Å². The van der Waals surface area contributed by atoms with Crippen LogP contribution in [0.2, 0.25) is 0 Å². The molecule has 170 valence electrons. The highest BCUT2D eigenvalue weighted by Crippen LogP contribution is 2.35. The molecule has 7 nitrogen and oxygen atoms in total. The van der Waals surface area contributed by atoms with Crippen LogP contribution in [0.15, 0.2) is 65.1 Å². The van der Waals surface area contributed by atoms with Crippen LogP contribution in [0.1, 0.15) is 29.5 Å². The minimum atomic E-state index is 0.501. The van der Waals surface area contributed by atoms with E-state index in [0.29, 0.717) is 12.7 Å². The summed E-state index contributed by atoms with van der Waals surface area (Å²) in [6.45, 7) is 3.76. The molecule has 4 heterocycles. The first-order valence-corrected chi connectivity index (χ1v) is 12.5. The third-order valence-electron chi connectivity index (χ3n) is 6.73. The SMILES string of the molecule is N#Cc1ccc(CN2CCC(N3CN=C(Nc4ccc5cn[nH]c5c4)c4ccsc43)CC2)cc1. The lowest BCUT2D eigenvalue weighted by atomic mass is 10.0. The zero-order valence-corrected chi connectivity index (χ0v) is 19.6. The van der Waals surface area contributed by atoms with Gasteiger partial charge in [0.25, 0.3) is 0 Å². The Bertz CT molecular complexity index is 1370. The van der Waals surface area contributed by atoms with E-state index in [2.05, 4.69) is 73.2 Å². The van der Waals surface area contributed by atoms with Gasteiger partial charge in [0.2, 0.25) is 0 Å². The van der Waals surface area contributed by atoms with E-state index in [1.54, 1.807) is 11.3 Å². The molecular formula is C26H25N7S. The van der Waals surface area contributed by atoms with Crippen molar-refractivity contribution >= 4 is 38.8 Å². The first-order chi connectivity index (χ1) is 16.8. The summed E-state index contributed by atoms with van der Waals surface area (Å²) < 4.78 is 0. The normalized spacial score (nSPS) is 16.8. The summed E-state index contributed by atoms with van der Waals surface area (Å²) in [4.78, 5) is 9.94. The second kappa shape index (κ2) is 8.93. The first-order valence-electron chi connectivity index (χ1n) is 11.6. The van der Waals surface area contributed by atoms with Crippen LogP contribution < -0.4 is 10.2 Å². The first kappa shape index (κ1) is 20.9. The van der Waals surface area contributed by atoms with Gasteiger partial charge in [0, 0.05) is 36.7 Å². The van der Waals surface area contributed by atoms with Crippen LogP contribution in [0.5, 0.6) is 0 Å². The summed E-state index contributed by atoms with van der Waals surface area (Å²) in [6.07, 6.45) is 4.09. The summed E-state index contributed by atoms with van der Waals surface area (Å²) in [7, 11) is 0. The Morgan fingerprint density at radius 2 is 1.97 bits per heavy atom. The van der Waals surface area contributed by atoms with Crippen molar-refractivity contribution in [3.63, 3.8) is 0 Å². The molecule has 0 spiro atoms. The van der Waals surface area contributed by atoms with Crippen molar-refractivity contribution in [1.82, 2.24) is 15.1 Å². The highest BCUT2D eigenvalue weighted by Gasteiger charge is 2.30. The standard InChI is InChI=1S/C26H25N7S/c27-14-18-1-3-19(4-2-18)16-32-10-7-22(8-11-32)33-17-28-25(23-9-12-34-26(23)33)30-21-6-5-20-15-29-31-24(20)13-21/h1-6,9,12-13,15,22H,7-8,10-11,16-17H2,(H,28,30)(H,29,31). The Kier molecular flexibility index (Phi) is 5.49. The summed E-state index contributed by atoms with van der Waals surface area (Å²) >= 11 is 1.80. The predicted octanol–water partition coefficient (Wildman–Crippen LogP) is 4.80. The molecule has 2 aromatic heterocycles. The number of aromatic nitrogens is 2. The molecule has 2 aromatic carbocycles. The van der Waals surface area contributed by atoms with Crippen molar-refractivity contribution in [3.05, 3.63) is 76.8 Å². The minimum absolute atomic E-state index is 0.501. The van der Waals surface area contributed by atoms with Crippen LogP contribution in [0.25, 0.3) is 10.9 Å². The number of fused-ring (bicyclic) bond motifs is 2. The molecule has 0 aliphatic carbocycles. The summed E-state index contributed by atoms with van der Waals surface area (Å²) in [6, 6.07) is 19.0. The molecule has 0 amide bonds. The number of hydrogen-bond acceptors (Lipinski definition) is 7. The third-order valence-corrected chi connectivity index (χ3v) is 7.68. The lowest BCUT2D eigenvalue weighted by Crippen LogP contribution is -2.46. The molecule has 1 saturated heterocycles. The molecule has 0 unspecified atom stereocenters. The number of nitrogens with zero attached hydrogens (tertiary/aromatic N) is 5. The average Bonchev–Trinajstić information content (AvgIpc) is 3.55. The Morgan fingerprint density at radius 1 is 1.12 bits per heavy atom. The largest absolute Gasteiger partial charge is 0.340 e. The molecule has 1 fully saturated rings. The average molecular weight is 468 g/mol. The van der Waals surface area contributed by atoms with Gasteiger partial charge < -0.3 is 10.2 Å². The van der Waals surface area contributed by atoms with Crippen LogP contribution in [-0.4, -0.2) is 46.7 Å². The lowest BCUT2D eigenvalue weighted by Gasteiger charge is -2.40. The molecule has 34 heavy (non-hydrogen) atoms. The zero-order valence-electron chi connectivity index (χ0n) is 18.7. The number of likely N-dealkylation sites (tertiary alicyclic amines) is 1. The molecule has 8 heteroatoms. The van der Waals surface area contributed by atoms with Gasteiger partial charge in [0.1, 0.15) is 17.5 Å². The Labute approximate surface area is 202 Å². The van der Waals surface area contributed by atoms with Crippen LogP contribution in [0.4, 0.5) is 10.7 Å². The fourth-order valence-corrected chi connectivity index (χ4v) is 5.84. The van der Waals surface area contributed by atoms with Gasteiger partial charge >= 0.3 is 0 Å². The summed E-state index contributed by atoms with van der Waals surface area (Å²) in [5, 5.41) is 24.2. The Morgan fingerprint density at radius 3 is 2.79 bits per heavy atom. The van der Waals surface area contributed by atoms with E-state index >= 15 is 0 Å². The molecule has 0 bridgehead atoms. The number of nitrogens with one attached hydrogen (secondary N) is 2. The van der Waals surface area contributed by atoms with Crippen LogP contribution >= 0.6 is 11.3 Å². The minimum Gasteiger partial charge on any atom is -0.340 e. The third kappa shape index (κ3) is 4.04. The van der Waals surface area contributed by atoms with Crippen molar-refractivity contribution in [3.8, 4) is 6.07 Å². The maximum Gasteiger partial charge on any atom is 0.137 e. The van der Waals surface area contributed by atoms with Crippen molar-refractivity contribution < 1.29 is 0 Å². The second-order valence-corrected chi connectivity index (χ2v) is 9.77. The number of aliphatic imine (C=N–C) groups is 1. The molecule has 2 aliphatic rings. The smallest absolute Gasteiger partial charge is 0.137 e. The van der Waals surface area contributed by atoms with E-state index in [1.807, 2.05) is 18.3 Å². The number of H-pyrrole nitrogens is 1. The maximum absolute atomic E-state index is 9.00. The van der Waals surface area contributed by atoms with Crippen LogP contribution in [-0.2, 0) is 6.54 Å². The van der Waals surface area contributed by atoms with E-state index in [1.165, 1.54) is 16.1 Å². The number of thiophene rings is 1. The molecule has 0 radical (unpaired) electrons. The van der Waals surface area contributed by atoms with E-state index in [-0.39, 0.29) is 0 Å². The monoisotopic (exact) mass is 467 g/mol.